The zero-order valence-electron chi connectivity index (χ0n) is 10.4. The molecule has 0 aliphatic carbocycles. The van der Waals surface area contributed by atoms with Crippen LogP contribution in [0.15, 0.2) is 24.5 Å². The average Bonchev–Trinajstić information content (AvgIpc) is 2.83. The number of H-pyrrole nitrogens is 1. The number of aldehydes is 1. The molecule has 1 aromatic carbocycles. The van der Waals surface area contributed by atoms with Crippen LogP contribution in [-0.2, 0) is 15.0 Å². The number of hydrogen-bond acceptors (Lipinski definition) is 3. The first kappa shape index (κ1) is 12.3. The maximum atomic E-state index is 11.0. The summed E-state index contributed by atoms with van der Waals surface area (Å²) in [5.74, 6) is -0.592. The smallest absolute Gasteiger partial charge is 0.284 e. The number of aromatic nitrogens is 2. The topological polar surface area (TPSA) is 74.8 Å². The lowest BCUT2D eigenvalue weighted by Gasteiger charge is -2.25. The molecule has 0 saturated heterocycles. The van der Waals surface area contributed by atoms with E-state index >= 15 is 0 Å². The van der Waals surface area contributed by atoms with Crippen LogP contribution in [0.5, 0.6) is 0 Å². The van der Waals surface area contributed by atoms with Gasteiger partial charge in [-0.2, -0.15) is 0 Å². The second-order valence-corrected chi connectivity index (χ2v) is 4.85. The van der Waals surface area contributed by atoms with E-state index in [4.69, 9.17) is 0 Å². The third-order valence-corrected chi connectivity index (χ3v) is 3.01. The molecule has 2 rings (SSSR count). The summed E-state index contributed by atoms with van der Waals surface area (Å²) in [5, 5.41) is 2.58. The quantitative estimate of drug-likeness (QED) is 0.627. The molecular weight excluding hydrogens is 230 g/mol. The first-order valence-electron chi connectivity index (χ1n) is 5.69. The molecule has 18 heavy (non-hydrogen) atoms. The van der Waals surface area contributed by atoms with Crippen molar-refractivity contribution >= 4 is 23.2 Å². The summed E-state index contributed by atoms with van der Waals surface area (Å²) in [7, 11) is 0. The molecule has 0 aliphatic heterocycles. The number of rotatable bonds is 4. The summed E-state index contributed by atoms with van der Waals surface area (Å²) < 4.78 is 0. The number of carbonyl (C=O) groups excluding carboxylic acids is 2. The average molecular weight is 245 g/mol. The maximum absolute atomic E-state index is 11.0. The molecule has 94 valence electrons. The maximum Gasteiger partial charge on any atom is 0.284 e. The Morgan fingerprint density at radius 2 is 2.28 bits per heavy atom. The van der Waals surface area contributed by atoms with Gasteiger partial charge in [0.15, 0.2) is 0 Å². The van der Waals surface area contributed by atoms with E-state index in [1.165, 1.54) is 0 Å². The molecule has 5 heteroatoms. The Hall–Kier alpha value is -2.17. The molecule has 0 unspecified atom stereocenters. The number of hydrogen-bond donors (Lipinski definition) is 2. The largest absolute Gasteiger partial charge is 0.349 e. The Bertz CT molecular complexity index is 587. The van der Waals surface area contributed by atoms with E-state index in [2.05, 4.69) is 15.3 Å². The summed E-state index contributed by atoms with van der Waals surface area (Å²) in [6.07, 6.45) is 1.93. The van der Waals surface area contributed by atoms with Crippen molar-refractivity contribution in [3.8, 4) is 0 Å². The Balaban J connectivity index is 2.22. The number of imidazole rings is 1. The number of aromatic amines is 1. The SMILES string of the molecule is CC(C)(CNC(=O)C=O)c1ccc2nc[nH]c2c1. The molecule has 0 radical (unpaired) electrons. The molecule has 5 nitrogen and oxygen atoms in total. The first-order chi connectivity index (χ1) is 8.53. The fourth-order valence-electron chi connectivity index (χ4n) is 1.81. The monoisotopic (exact) mass is 245 g/mol. The predicted molar refractivity (Wildman–Crippen MR) is 68.2 cm³/mol. The lowest BCUT2D eigenvalue weighted by Crippen LogP contribution is -2.37. The van der Waals surface area contributed by atoms with Crippen LogP contribution in [-0.4, -0.2) is 28.7 Å². The Morgan fingerprint density at radius 1 is 1.50 bits per heavy atom. The van der Waals surface area contributed by atoms with Crippen LogP contribution < -0.4 is 5.32 Å². The summed E-state index contributed by atoms with van der Waals surface area (Å²) >= 11 is 0. The van der Waals surface area contributed by atoms with Gasteiger partial charge in [-0.15, -0.1) is 0 Å². The van der Waals surface area contributed by atoms with Gasteiger partial charge in [0.1, 0.15) is 0 Å². The van der Waals surface area contributed by atoms with Crippen molar-refractivity contribution in [1.29, 1.82) is 0 Å². The zero-order valence-corrected chi connectivity index (χ0v) is 10.4. The van der Waals surface area contributed by atoms with Gasteiger partial charge >= 0.3 is 0 Å². The van der Waals surface area contributed by atoms with Gasteiger partial charge in [-0.1, -0.05) is 19.9 Å². The van der Waals surface area contributed by atoms with Crippen LogP contribution in [0.1, 0.15) is 19.4 Å². The number of nitrogens with one attached hydrogen (secondary N) is 2. The van der Waals surface area contributed by atoms with Crippen LogP contribution in [0.25, 0.3) is 11.0 Å². The highest BCUT2D eigenvalue weighted by molar-refractivity contribution is 6.23. The molecule has 1 aromatic heterocycles. The minimum absolute atomic E-state index is 0.252. The van der Waals surface area contributed by atoms with Crippen LogP contribution in [0, 0.1) is 0 Å². The summed E-state index contributed by atoms with van der Waals surface area (Å²) in [4.78, 5) is 28.4. The molecular formula is C13H15N3O2. The molecule has 0 saturated carbocycles. The van der Waals surface area contributed by atoms with Gasteiger partial charge in [-0.25, -0.2) is 4.98 Å². The number of nitrogens with zero attached hydrogens (tertiary/aromatic N) is 1. The van der Waals surface area contributed by atoms with Crippen LogP contribution in [0.2, 0.25) is 0 Å². The van der Waals surface area contributed by atoms with Gasteiger partial charge in [0.2, 0.25) is 6.29 Å². The molecule has 0 spiro atoms. The van der Waals surface area contributed by atoms with Crippen LogP contribution >= 0.6 is 0 Å². The Morgan fingerprint density at radius 3 is 3.00 bits per heavy atom. The van der Waals surface area contributed by atoms with Crippen molar-refractivity contribution in [3.63, 3.8) is 0 Å². The highest BCUT2D eigenvalue weighted by Crippen LogP contribution is 2.24. The lowest BCUT2D eigenvalue weighted by molar-refractivity contribution is -0.131. The van der Waals surface area contributed by atoms with E-state index in [9.17, 15) is 9.59 Å². The highest BCUT2D eigenvalue weighted by atomic mass is 16.2. The minimum Gasteiger partial charge on any atom is -0.349 e. The van der Waals surface area contributed by atoms with Crippen molar-refractivity contribution in [3.05, 3.63) is 30.1 Å². The molecule has 0 aliphatic rings. The van der Waals surface area contributed by atoms with Crippen molar-refractivity contribution < 1.29 is 9.59 Å². The van der Waals surface area contributed by atoms with E-state index in [1.54, 1.807) is 6.33 Å². The summed E-state index contributed by atoms with van der Waals surface area (Å²) in [6, 6.07) is 5.93. The number of carbonyl (C=O) groups is 2. The third kappa shape index (κ3) is 2.40. The van der Waals surface area contributed by atoms with Gasteiger partial charge in [0.25, 0.3) is 5.91 Å². The van der Waals surface area contributed by atoms with E-state index in [-0.39, 0.29) is 11.7 Å². The van der Waals surface area contributed by atoms with E-state index < -0.39 is 5.91 Å². The van der Waals surface area contributed by atoms with Gasteiger partial charge in [-0.3, -0.25) is 9.59 Å². The van der Waals surface area contributed by atoms with Gasteiger partial charge in [0.05, 0.1) is 17.4 Å². The van der Waals surface area contributed by atoms with Crippen LogP contribution in [0.4, 0.5) is 0 Å². The molecule has 1 heterocycles. The Labute approximate surface area is 105 Å². The van der Waals surface area contributed by atoms with Crippen molar-refractivity contribution in [2.45, 2.75) is 19.3 Å². The van der Waals surface area contributed by atoms with Crippen molar-refractivity contribution in [2.24, 2.45) is 0 Å². The van der Waals surface area contributed by atoms with Crippen molar-refractivity contribution in [1.82, 2.24) is 15.3 Å². The second kappa shape index (κ2) is 4.60. The number of fused-ring (bicyclic) bond motifs is 1. The molecule has 2 aromatic rings. The zero-order chi connectivity index (χ0) is 13.2. The molecule has 0 bridgehead atoms. The summed E-state index contributed by atoms with van der Waals surface area (Å²) in [6.45, 7) is 4.43. The minimum atomic E-state index is -0.592. The van der Waals surface area contributed by atoms with E-state index in [1.807, 2.05) is 32.0 Å². The van der Waals surface area contributed by atoms with Gasteiger partial charge < -0.3 is 10.3 Å². The third-order valence-electron chi connectivity index (χ3n) is 3.01. The molecule has 0 atom stereocenters. The summed E-state index contributed by atoms with van der Waals surface area (Å²) in [5.41, 5.74) is 2.69. The first-order valence-corrected chi connectivity index (χ1v) is 5.69. The van der Waals surface area contributed by atoms with E-state index in [0.717, 1.165) is 16.6 Å². The second-order valence-electron chi connectivity index (χ2n) is 4.85. The number of benzene rings is 1. The van der Waals surface area contributed by atoms with Crippen molar-refractivity contribution in [2.75, 3.05) is 6.54 Å². The lowest BCUT2D eigenvalue weighted by atomic mass is 9.84. The normalized spacial score (nSPS) is 11.4. The molecule has 2 N–H and O–H groups in total. The standard InChI is InChI=1S/C13H15N3O2/c1-13(2,7-14-12(18)6-17)9-3-4-10-11(5-9)16-8-15-10/h3-6,8H,7H2,1-2H3,(H,14,18)(H,15,16). The Kier molecular flexibility index (Phi) is 3.14. The van der Waals surface area contributed by atoms with Gasteiger partial charge in [-0.05, 0) is 17.7 Å². The highest BCUT2D eigenvalue weighted by Gasteiger charge is 2.21. The van der Waals surface area contributed by atoms with Gasteiger partial charge in [0, 0.05) is 12.0 Å². The predicted octanol–water partition coefficient (Wildman–Crippen LogP) is 1.16. The molecule has 0 fully saturated rings. The fraction of sp³-hybridized carbons (Fsp3) is 0.308. The van der Waals surface area contributed by atoms with Crippen LogP contribution in [0.3, 0.4) is 0 Å². The fourth-order valence-corrected chi connectivity index (χ4v) is 1.81. The molecule has 1 amide bonds. The van der Waals surface area contributed by atoms with E-state index in [0.29, 0.717) is 6.54 Å². The number of amides is 1.